The zero-order chi connectivity index (χ0) is 19.2. The average Bonchev–Trinajstić information content (AvgIpc) is 3.28. The van der Waals surface area contributed by atoms with Crippen molar-refractivity contribution < 1.29 is 49.6 Å². The number of rotatable bonds is 5. The summed E-state index contributed by atoms with van der Waals surface area (Å²) in [5.41, 5.74) is -0.910. The lowest BCUT2D eigenvalue weighted by atomic mass is 9.92. The monoisotopic (exact) mass is 380 g/mol. The van der Waals surface area contributed by atoms with E-state index in [1.54, 1.807) is 0 Å². The van der Waals surface area contributed by atoms with Crippen LogP contribution < -0.4 is 0 Å². The molecule has 0 aromatic rings. The molecule has 0 bridgehead atoms. The molecule has 3 fully saturated rings. The normalized spacial score (nSPS) is 54.5. The van der Waals surface area contributed by atoms with Crippen LogP contribution in [-0.4, -0.2) is 112 Å². The number of aliphatic hydroxyl groups excluding tert-OH is 6. The largest absolute Gasteiger partial charge is 0.394 e. The Morgan fingerprint density at radius 1 is 0.962 bits per heavy atom. The summed E-state index contributed by atoms with van der Waals surface area (Å²) < 4.78 is 21.9. The SMILES string of the molecule is CO[C@@H]1C(CO)O[C@H](O[C@@H]2C(CO)O[C@@]3(CC3C)C(O)[C@H]2O)C(O)[C@H]1O. The van der Waals surface area contributed by atoms with E-state index in [9.17, 15) is 30.6 Å². The van der Waals surface area contributed by atoms with Crippen LogP contribution in [0.3, 0.4) is 0 Å². The standard InChI is InChI=1S/C16H28O10/c1-6-3-16(6)14(22)11(21)13(8(5-18)26-16)25-15-10(20)9(19)12(23-2)7(4-17)24-15/h6-15,17-22H,3-5H2,1-2H3/t6?,7?,8?,9-,10?,11+,12-,13-,14?,15-,16-/m1/s1. The average molecular weight is 380 g/mol. The number of hydrogen-bond donors (Lipinski definition) is 6. The molecule has 10 nitrogen and oxygen atoms in total. The van der Waals surface area contributed by atoms with E-state index in [1.807, 2.05) is 6.92 Å². The van der Waals surface area contributed by atoms with Crippen molar-refractivity contribution >= 4 is 0 Å². The summed E-state index contributed by atoms with van der Waals surface area (Å²) >= 11 is 0. The van der Waals surface area contributed by atoms with Gasteiger partial charge in [0.2, 0.25) is 0 Å². The second kappa shape index (κ2) is 7.55. The fraction of sp³-hybridized carbons (Fsp3) is 1.00. The molecule has 1 aliphatic carbocycles. The van der Waals surface area contributed by atoms with Crippen LogP contribution in [0.2, 0.25) is 0 Å². The van der Waals surface area contributed by atoms with E-state index in [2.05, 4.69) is 0 Å². The van der Waals surface area contributed by atoms with Crippen molar-refractivity contribution in [3.05, 3.63) is 0 Å². The van der Waals surface area contributed by atoms with E-state index in [-0.39, 0.29) is 5.92 Å². The third-order valence-electron chi connectivity index (χ3n) is 5.76. The van der Waals surface area contributed by atoms with E-state index >= 15 is 0 Å². The van der Waals surface area contributed by atoms with Gasteiger partial charge in [0, 0.05) is 7.11 Å². The van der Waals surface area contributed by atoms with Crippen molar-refractivity contribution in [3.8, 4) is 0 Å². The molecule has 10 heteroatoms. The zero-order valence-electron chi connectivity index (χ0n) is 14.7. The Labute approximate surface area is 150 Å². The Hall–Kier alpha value is -0.400. The van der Waals surface area contributed by atoms with Crippen LogP contribution in [0.1, 0.15) is 13.3 Å². The molecular formula is C16H28O10. The highest BCUT2D eigenvalue weighted by Gasteiger charge is 2.66. The van der Waals surface area contributed by atoms with E-state index in [0.717, 1.165) is 0 Å². The van der Waals surface area contributed by atoms with Crippen LogP contribution in [-0.2, 0) is 18.9 Å². The van der Waals surface area contributed by atoms with Gasteiger partial charge in [0.25, 0.3) is 0 Å². The van der Waals surface area contributed by atoms with Gasteiger partial charge in [0.1, 0.15) is 54.4 Å². The Morgan fingerprint density at radius 3 is 2.08 bits per heavy atom. The molecule has 3 aliphatic rings. The maximum Gasteiger partial charge on any atom is 0.187 e. The lowest BCUT2D eigenvalue weighted by Crippen LogP contribution is -2.65. The molecule has 1 saturated carbocycles. The van der Waals surface area contributed by atoms with Gasteiger partial charge in [0.15, 0.2) is 6.29 Å². The maximum absolute atomic E-state index is 10.5. The van der Waals surface area contributed by atoms with Crippen LogP contribution in [0.4, 0.5) is 0 Å². The molecule has 0 radical (unpaired) electrons. The summed E-state index contributed by atoms with van der Waals surface area (Å²) in [6.07, 6.45) is -10.5. The summed E-state index contributed by atoms with van der Waals surface area (Å²) in [5, 5.41) is 60.3. The van der Waals surface area contributed by atoms with Crippen molar-refractivity contribution in [2.24, 2.45) is 5.92 Å². The predicted molar refractivity (Wildman–Crippen MR) is 83.9 cm³/mol. The first-order valence-corrected chi connectivity index (χ1v) is 8.76. The van der Waals surface area contributed by atoms with Gasteiger partial charge in [-0.2, -0.15) is 0 Å². The first-order valence-electron chi connectivity index (χ1n) is 8.76. The minimum absolute atomic E-state index is 0.0294. The molecule has 0 aromatic carbocycles. The van der Waals surface area contributed by atoms with Crippen molar-refractivity contribution in [2.75, 3.05) is 20.3 Å². The third-order valence-corrected chi connectivity index (χ3v) is 5.76. The molecule has 2 aliphatic heterocycles. The Morgan fingerprint density at radius 2 is 1.58 bits per heavy atom. The van der Waals surface area contributed by atoms with Crippen molar-refractivity contribution in [2.45, 2.75) is 74.1 Å². The molecule has 3 rings (SSSR count). The molecule has 11 atom stereocenters. The van der Waals surface area contributed by atoms with Gasteiger partial charge in [-0.15, -0.1) is 0 Å². The third kappa shape index (κ3) is 3.18. The highest BCUT2D eigenvalue weighted by atomic mass is 16.7. The molecular weight excluding hydrogens is 352 g/mol. The molecule has 6 N–H and O–H groups in total. The van der Waals surface area contributed by atoms with Crippen molar-refractivity contribution in [1.29, 1.82) is 0 Å². The molecule has 1 spiro atoms. The van der Waals surface area contributed by atoms with Gasteiger partial charge in [-0.3, -0.25) is 0 Å². The minimum Gasteiger partial charge on any atom is -0.394 e. The number of methoxy groups -OCH3 is 1. The van der Waals surface area contributed by atoms with E-state index in [4.69, 9.17) is 18.9 Å². The van der Waals surface area contributed by atoms with Gasteiger partial charge < -0.3 is 49.6 Å². The lowest BCUT2D eigenvalue weighted by molar-refractivity contribution is -0.346. The number of ether oxygens (including phenoxy) is 4. The summed E-state index contributed by atoms with van der Waals surface area (Å²) in [6, 6.07) is 0. The Kier molecular flexibility index (Phi) is 5.91. The first kappa shape index (κ1) is 20.3. The molecule has 0 amide bonds. The summed E-state index contributed by atoms with van der Waals surface area (Å²) in [4.78, 5) is 0. The van der Waals surface area contributed by atoms with Crippen LogP contribution in [0.15, 0.2) is 0 Å². The van der Waals surface area contributed by atoms with Crippen molar-refractivity contribution in [3.63, 3.8) is 0 Å². The van der Waals surface area contributed by atoms with Gasteiger partial charge >= 0.3 is 0 Å². The second-order valence-corrected chi connectivity index (χ2v) is 7.34. The van der Waals surface area contributed by atoms with Gasteiger partial charge in [-0.05, 0) is 12.3 Å². The fourth-order valence-electron chi connectivity index (χ4n) is 4.02. The van der Waals surface area contributed by atoms with E-state index in [1.165, 1.54) is 7.11 Å². The number of hydrogen-bond acceptors (Lipinski definition) is 10. The second-order valence-electron chi connectivity index (χ2n) is 7.34. The van der Waals surface area contributed by atoms with Crippen LogP contribution >= 0.6 is 0 Å². The lowest BCUT2D eigenvalue weighted by Gasteiger charge is -2.47. The quantitative estimate of drug-likeness (QED) is 0.286. The van der Waals surface area contributed by atoms with E-state index in [0.29, 0.717) is 6.42 Å². The Bertz CT molecular complexity index is 488. The molecule has 2 heterocycles. The summed E-state index contributed by atoms with van der Waals surface area (Å²) in [5.74, 6) is 0.0294. The molecule has 2 saturated heterocycles. The summed E-state index contributed by atoms with van der Waals surface area (Å²) in [7, 11) is 1.31. The van der Waals surface area contributed by atoms with Gasteiger partial charge in [-0.1, -0.05) is 6.92 Å². The van der Waals surface area contributed by atoms with Crippen molar-refractivity contribution in [1.82, 2.24) is 0 Å². The van der Waals surface area contributed by atoms with Gasteiger partial charge in [0.05, 0.1) is 13.2 Å². The smallest absolute Gasteiger partial charge is 0.187 e. The highest BCUT2D eigenvalue weighted by Crippen LogP contribution is 2.53. The summed E-state index contributed by atoms with van der Waals surface area (Å²) in [6.45, 7) is 0.906. The van der Waals surface area contributed by atoms with Crippen LogP contribution in [0.25, 0.3) is 0 Å². The first-order chi connectivity index (χ1) is 12.3. The molecule has 26 heavy (non-hydrogen) atoms. The minimum atomic E-state index is -1.53. The van der Waals surface area contributed by atoms with Crippen LogP contribution in [0, 0.1) is 5.92 Å². The predicted octanol–water partition coefficient (Wildman–Crippen LogP) is -3.28. The maximum atomic E-state index is 10.5. The topological polar surface area (TPSA) is 158 Å². The molecule has 152 valence electrons. The van der Waals surface area contributed by atoms with E-state index < -0.39 is 73.9 Å². The fourth-order valence-corrected chi connectivity index (χ4v) is 4.02. The number of aliphatic hydroxyl groups is 6. The van der Waals surface area contributed by atoms with Gasteiger partial charge in [-0.25, -0.2) is 0 Å². The molecule has 5 unspecified atom stereocenters. The van der Waals surface area contributed by atoms with Crippen LogP contribution in [0.5, 0.6) is 0 Å². The Balaban J connectivity index is 1.74. The highest BCUT2D eigenvalue weighted by molar-refractivity contribution is 5.15. The zero-order valence-corrected chi connectivity index (χ0v) is 14.7. The molecule has 0 aromatic heterocycles.